The molecule has 20 heavy (non-hydrogen) atoms. The van der Waals surface area contributed by atoms with E-state index >= 15 is 0 Å². The Kier molecular flexibility index (Phi) is 3.11. The lowest BCUT2D eigenvalue weighted by Crippen LogP contribution is -2.05. The predicted molar refractivity (Wildman–Crippen MR) is 69.1 cm³/mol. The van der Waals surface area contributed by atoms with E-state index in [1.54, 1.807) is 12.1 Å². The standard InChI is InChI=1S/C10H3Cl2F3N4S/c11-4-1-2-5(6(12)3-4)7-16-17-9-19(7)18-8(20-9)10(13,14)15/h1-3H. The van der Waals surface area contributed by atoms with Gasteiger partial charge in [-0.25, -0.2) is 0 Å². The van der Waals surface area contributed by atoms with Crippen LogP contribution in [0, 0.1) is 0 Å². The normalized spacial score (nSPS) is 12.2. The fourth-order valence-electron chi connectivity index (χ4n) is 1.57. The Labute approximate surface area is 123 Å². The second-order valence-corrected chi connectivity index (χ2v) is 5.55. The van der Waals surface area contributed by atoms with E-state index in [2.05, 4.69) is 15.3 Å². The van der Waals surface area contributed by atoms with Gasteiger partial charge in [-0.05, 0) is 18.2 Å². The van der Waals surface area contributed by atoms with Gasteiger partial charge in [0.25, 0.3) is 0 Å². The molecule has 2 heterocycles. The number of rotatable bonds is 1. The number of alkyl halides is 3. The van der Waals surface area contributed by atoms with E-state index in [1.165, 1.54) is 6.07 Å². The smallest absolute Gasteiger partial charge is 0.182 e. The third-order valence-electron chi connectivity index (χ3n) is 2.41. The van der Waals surface area contributed by atoms with Crippen LogP contribution in [0.4, 0.5) is 13.2 Å². The van der Waals surface area contributed by atoms with Crippen molar-refractivity contribution in [3.8, 4) is 11.4 Å². The summed E-state index contributed by atoms with van der Waals surface area (Å²) in [6.07, 6.45) is -4.52. The monoisotopic (exact) mass is 338 g/mol. The predicted octanol–water partition coefficient (Wildman–Crippen LogP) is 4.18. The highest BCUT2D eigenvalue weighted by Crippen LogP contribution is 2.35. The third-order valence-corrected chi connectivity index (χ3v) is 3.90. The summed E-state index contributed by atoms with van der Waals surface area (Å²) in [6, 6.07) is 4.57. The molecule has 0 bridgehead atoms. The molecule has 0 aliphatic rings. The largest absolute Gasteiger partial charge is 0.445 e. The minimum atomic E-state index is -4.52. The Morgan fingerprint density at radius 2 is 1.90 bits per heavy atom. The molecule has 1 aromatic carbocycles. The molecule has 0 N–H and O–H groups in total. The van der Waals surface area contributed by atoms with Crippen LogP contribution in [0.25, 0.3) is 16.3 Å². The SMILES string of the molecule is FC(F)(F)c1nn2c(-c3ccc(Cl)cc3Cl)nnc2s1. The van der Waals surface area contributed by atoms with Crippen LogP contribution < -0.4 is 0 Å². The van der Waals surface area contributed by atoms with Crippen LogP contribution in [0.5, 0.6) is 0 Å². The molecule has 104 valence electrons. The number of benzene rings is 1. The van der Waals surface area contributed by atoms with Crippen molar-refractivity contribution < 1.29 is 13.2 Å². The van der Waals surface area contributed by atoms with Gasteiger partial charge in [-0.15, -0.1) is 15.3 Å². The van der Waals surface area contributed by atoms with Crippen molar-refractivity contribution in [1.29, 1.82) is 0 Å². The zero-order valence-electron chi connectivity index (χ0n) is 9.32. The second-order valence-electron chi connectivity index (χ2n) is 3.75. The molecule has 2 aromatic heterocycles. The summed E-state index contributed by atoms with van der Waals surface area (Å²) >= 11 is 12.2. The van der Waals surface area contributed by atoms with Crippen LogP contribution in [0.15, 0.2) is 18.2 Å². The molecular weight excluding hydrogens is 336 g/mol. The summed E-state index contributed by atoms with van der Waals surface area (Å²) in [4.78, 5) is 0.0401. The highest BCUT2D eigenvalue weighted by atomic mass is 35.5. The van der Waals surface area contributed by atoms with E-state index in [0.29, 0.717) is 21.9 Å². The lowest BCUT2D eigenvalue weighted by Gasteiger charge is -2.01. The van der Waals surface area contributed by atoms with Crippen LogP contribution in [0.3, 0.4) is 0 Å². The quantitative estimate of drug-likeness (QED) is 0.668. The topological polar surface area (TPSA) is 43.1 Å². The second kappa shape index (κ2) is 4.57. The van der Waals surface area contributed by atoms with Gasteiger partial charge in [0.2, 0.25) is 9.97 Å². The molecule has 0 spiro atoms. The summed E-state index contributed by atoms with van der Waals surface area (Å²) < 4.78 is 38.9. The first-order valence-corrected chi connectivity index (χ1v) is 6.68. The van der Waals surface area contributed by atoms with Gasteiger partial charge in [0.05, 0.1) is 5.02 Å². The minimum Gasteiger partial charge on any atom is -0.182 e. The van der Waals surface area contributed by atoms with E-state index in [1.807, 2.05) is 0 Å². The van der Waals surface area contributed by atoms with Crippen LogP contribution in [0.1, 0.15) is 5.01 Å². The molecule has 0 aliphatic carbocycles. The zero-order valence-corrected chi connectivity index (χ0v) is 11.6. The minimum absolute atomic E-state index is 0.0401. The number of fused-ring (bicyclic) bond motifs is 1. The molecule has 0 aliphatic heterocycles. The number of nitrogens with zero attached hydrogens (tertiary/aromatic N) is 4. The van der Waals surface area contributed by atoms with Crippen molar-refractivity contribution in [1.82, 2.24) is 19.8 Å². The third kappa shape index (κ3) is 2.23. The molecule has 0 atom stereocenters. The van der Waals surface area contributed by atoms with Gasteiger partial charge in [0.1, 0.15) is 0 Å². The number of hydrogen-bond acceptors (Lipinski definition) is 4. The molecule has 0 saturated carbocycles. The Hall–Kier alpha value is -1.38. The van der Waals surface area contributed by atoms with Crippen LogP contribution >= 0.6 is 34.5 Å². The van der Waals surface area contributed by atoms with Gasteiger partial charge >= 0.3 is 6.18 Å². The van der Waals surface area contributed by atoms with Crippen molar-refractivity contribution in [2.24, 2.45) is 0 Å². The molecular formula is C10H3Cl2F3N4S. The van der Waals surface area contributed by atoms with Crippen molar-refractivity contribution in [3.05, 3.63) is 33.3 Å². The Bertz CT molecular complexity index is 795. The van der Waals surface area contributed by atoms with Gasteiger partial charge in [-0.2, -0.15) is 17.7 Å². The highest BCUT2D eigenvalue weighted by molar-refractivity contribution is 7.16. The van der Waals surface area contributed by atoms with E-state index in [4.69, 9.17) is 23.2 Å². The summed E-state index contributed by atoms with van der Waals surface area (Å²) in [5.74, 6) is 0.133. The molecule has 10 heteroatoms. The van der Waals surface area contributed by atoms with Gasteiger partial charge in [-0.1, -0.05) is 34.5 Å². The lowest BCUT2D eigenvalue weighted by atomic mass is 10.2. The van der Waals surface area contributed by atoms with Crippen molar-refractivity contribution in [2.45, 2.75) is 6.18 Å². The molecule has 0 fully saturated rings. The Balaban J connectivity index is 2.19. The van der Waals surface area contributed by atoms with Crippen LogP contribution in [-0.4, -0.2) is 19.8 Å². The average Bonchev–Trinajstić information content (AvgIpc) is 2.88. The first-order valence-electron chi connectivity index (χ1n) is 5.11. The van der Waals surface area contributed by atoms with Gasteiger partial charge in [0.15, 0.2) is 5.82 Å². The molecule has 0 saturated heterocycles. The Morgan fingerprint density at radius 3 is 2.55 bits per heavy atom. The van der Waals surface area contributed by atoms with Gasteiger partial charge < -0.3 is 0 Å². The molecule has 0 radical (unpaired) electrons. The van der Waals surface area contributed by atoms with Crippen molar-refractivity contribution >= 4 is 39.5 Å². The first-order chi connectivity index (χ1) is 9.36. The van der Waals surface area contributed by atoms with E-state index in [0.717, 1.165) is 4.52 Å². The summed E-state index contributed by atoms with van der Waals surface area (Å²) in [6.45, 7) is 0. The highest BCUT2D eigenvalue weighted by Gasteiger charge is 2.36. The number of aromatic nitrogens is 4. The lowest BCUT2D eigenvalue weighted by molar-refractivity contribution is -0.138. The summed E-state index contributed by atoms with van der Waals surface area (Å²) in [5.41, 5.74) is 0.405. The number of hydrogen-bond donors (Lipinski definition) is 0. The Morgan fingerprint density at radius 1 is 1.15 bits per heavy atom. The average molecular weight is 339 g/mol. The molecule has 3 rings (SSSR count). The fraction of sp³-hybridized carbons (Fsp3) is 0.100. The van der Waals surface area contributed by atoms with Crippen LogP contribution in [-0.2, 0) is 6.18 Å². The van der Waals surface area contributed by atoms with Crippen molar-refractivity contribution in [3.63, 3.8) is 0 Å². The van der Waals surface area contributed by atoms with E-state index in [9.17, 15) is 13.2 Å². The molecule has 4 nitrogen and oxygen atoms in total. The maximum Gasteiger partial charge on any atom is 0.445 e. The molecule has 3 aromatic rings. The molecule has 0 unspecified atom stereocenters. The summed E-state index contributed by atoms with van der Waals surface area (Å²) in [5, 5.41) is 10.6. The van der Waals surface area contributed by atoms with Gasteiger partial charge in [-0.3, -0.25) is 0 Å². The van der Waals surface area contributed by atoms with Gasteiger partial charge in [0, 0.05) is 10.6 Å². The fourth-order valence-corrected chi connectivity index (χ4v) is 2.77. The maximum absolute atomic E-state index is 12.6. The van der Waals surface area contributed by atoms with Crippen LogP contribution in [0.2, 0.25) is 10.0 Å². The van der Waals surface area contributed by atoms with E-state index in [-0.39, 0.29) is 15.8 Å². The first kappa shape index (κ1) is 13.6. The van der Waals surface area contributed by atoms with E-state index < -0.39 is 11.2 Å². The van der Waals surface area contributed by atoms with Crippen molar-refractivity contribution in [2.75, 3.05) is 0 Å². The number of halogens is 5. The summed E-state index contributed by atoms with van der Waals surface area (Å²) in [7, 11) is 0. The zero-order chi connectivity index (χ0) is 14.5. The maximum atomic E-state index is 12.6. The molecule has 0 amide bonds.